The summed E-state index contributed by atoms with van der Waals surface area (Å²) < 4.78 is 5.11. The number of nitrogens with one attached hydrogen (secondary N) is 1. The van der Waals surface area contributed by atoms with E-state index in [0.29, 0.717) is 19.7 Å². The molecule has 4 nitrogen and oxygen atoms in total. The minimum absolute atomic E-state index is 0.103. The van der Waals surface area contributed by atoms with Crippen LogP contribution >= 0.6 is 11.3 Å². The molecule has 1 aromatic carbocycles. The number of urea groups is 1. The first-order valence-corrected chi connectivity index (χ1v) is 8.17. The molecule has 0 unspecified atom stereocenters. The lowest BCUT2D eigenvalue weighted by molar-refractivity contribution is 0.153. The van der Waals surface area contributed by atoms with E-state index in [9.17, 15) is 4.79 Å². The number of amides is 2. The number of methoxy groups -OCH3 is 1. The van der Waals surface area contributed by atoms with Crippen molar-refractivity contribution >= 4 is 23.1 Å². The molecule has 22 heavy (non-hydrogen) atoms. The van der Waals surface area contributed by atoms with Crippen LogP contribution in [0.4, 0.5) is 10.5 Å². The maximum atomic E-state index is 12.5. The Bertz CT molecular complexity index is 591. The number of rotatable bonds is 6. The number of anilines is 1. The van der Waals surface area contributed by atoms with Gasteiger partial charge in [0.05, 0.1) is 6.61 Å². The third-order valence-corrected chi connectivity index (χ3v) is 4.01. The second-order valence-electron chi connectivity index (χ2n) is 5.35. The van der Waals surface area contributed by atoms with Crippen molar-refractivity contribution in [1.29, 1.82) is 0 Å². The Morgan fingerprint density at radius 3 is 2.59 bits per heavy atom. The third kappa shape index (κ3) is 4.86. The summed E-state index contributed by atoms with van der Waals surface area (Å²) in [5, 5.41) is 7.06. The molecule has 1 aromatic heterocycles. The van der Waals surface area contributed by atoms with Gasteiger partial charge < -0.3 is 15.0 Å². The highest BCUT2D eigenvalue weighted by Crippen LogP contribution is 2.16. The molecule has 0 aliphatic carbocycles. The molecule has 0 spiro atoms. The van der Waals surface area contributed by atoms with Crippen LogP contribution in [0.25, 0.3) is 0 Å². The topological polar surface area (TPSA) is 41.6 Å². The fraction of sp³-hybridized carbons (Fsp3) is 0.353. The zero-order chi connectivity index (χ0) is 15.9. The highest BCUT2D eigenvalue weighted by atomic mass is 32.1. The molecule has 0 fully saturated rings. The summed E-state index contributed by atoms with van der Waals surface area (Å²) in [6.07, 6.45) is 0. The number of hydrogen-bond donors (Lipinski definition) is 1. The summed E-state index contributed by atoms with van der Waals surface area (Å²) in [6, 6.07) is 7.97. The van der Waals surface area contributed by atoms with Crippen LogP contribution < -0.4 is 5.32 Å². The summed E-state index contributed by atoms with van der Waals surface area (Å²) in [5.74, 6) is 0. The van der Waals surface area contributed by atoms with Gasteiger partial charge in [0.1, 0.15) is 0 Å². The molecule has 1 N–H and O–H groups in total. The normalized spacial score (nSPS) is 10.5. The Balaban J connectivity index is 2.06. The minimum atomic E-state index is -0.103. The van der Waals surface area contributed by atoms with Crippen molar-refractivity contribution in [3.8, 4) is 0 Å². The zero-order valence-electron chi connectivity index (χ0n) is 13.3. The van der Waals surface area contributed by atoms with E-state index in [4.69, 9.17) is 4.74 Å². The Hall–Kier alpha value is -1.85. The summed E-state index contributed by atoms with van der Waals surface area (Å²) >= 11 is 1.64. The smallest absolute Gasteiger partial charge is 0.322 e. The number of carbonyl (C=O) groups is 1. The number of nitrogens with zero attached hydrogens (tertiary/aromatic N) is 1. The molecule has 5 heteroatoms. The van der Waals surface area contributed by atoms with Gasteiger partial charge in [0.25, 0.3) is 0 Å². The van der Waals surface area contributed by atoms with E-state index in [1.54, 1.807) is 23.3 Å². The van der Waals surface area contributed by atoms with Gasteiger partial charge in [-0.25, -0.2) is 4.79 Å². The van der Waals surface area contributed by atoms with E-state index < -0.39 is 0 Å². The molecule has 118 valence electrons. The third-order valence-electron chi connectivity index (χ3n) is 3.28. The minimum Gasteiger partial charge on any atom is -0.383 e. The Morgan fingerprint density at radius 1 is 1.27 bits per heavy atom. The number of benzene rings is 1. The van der Waals surface area contributed by atoms with Crippen molar-refractivity contribution in [2.75, 3.05) is 25.6 Å². The van der Waals surface area contributed by atoms with E-state index >= 15 is 0 Å². The molecule has 2 aromatic rings. The summed E-state index contributed by atoms with van der Waals surface area (Å²) in [6.45, 7) is 5.71. The van der Waals surface area contributed by atoms with Gasteiger partial charge in [0.15, 0.2) is 0 Å². The van der Waals surface area contributed by atoms with Gasteiger partial charge in [-0.2, -0.15) is 11.3 Å². The zero-order valence-corrected chi connectivity index (χ0v) is 14.1. The number of ether oxygens (including phenoxy) is 1. The fourth-order valence-electron chi connectivity index (χ4n) is 2.31. The van der Waals surface area contributed by atoms with E-state index in [1.807, 2.05) is 37.4 Å². The highest BCUT2D eigenvalue weighted by Gasteiger charge is 2.14. The van der Waals surface area contributed by atoms with Gasteiger partial charge in [-0.15, -0.1) is 0 Å². The average molecular weight is 318 g/mol. The van der Waals surface area contributed by atoms with E-state index in [-0.39, 0.29) is 6.03 Å². The maximum absolute atomic E-state index is 12.5. The lowest BCUT2D eigenvalue weighted by Gasteiger charge is -2.22. The first-order valence-electron chi connectivity index (χ1n) is 7.22. The van der Waals surface area contributed by atoms with Crippen molar-refractivity contribution in [2.24, 2.45) is 0 Å². The molecule has 0 aliphatic rings. The first-order chi connectivity index (χ1) is 10.6. The van der Waals surface area contributed by atoms with E-state index in [0.717, 1.165) is 22.4 Å². The number of aryl methyl sites for hydroxylation is 2. The molecular formula is C17H22N2O2S. The molecule has 1 heterocycles. The number of carbonyl (C=O) groups excluding carboxylic acids is 1. The van der Waals surface area contributed by atoms with E-state index in [2.05, 4.69) is 16.8 Å². The van der Waals surface area contributed by atoms with Crippen LogP contribution in [0.3, 0.4) is 0 Å². The molecule has 0 atom stereocenters. The monoisotopic (exact) mass is 318 g/mol. The Kier molecular flexibility index (Phi) is 5.98. The quantitative estimate of drug-likeness (QED) is 0.873. The Labute approximate surface area is 135 Å². The van der Waals surface area contributed by atoms with Crippen LogP contribution in [0.1, 0.15) is 16.7 Å². The van der Waals surface area contributed by atoms with Crippen molar-refractivity contribution in [1.82, 2.24) is 4.90 Å². The van der Waals surface area contributed by atoms with Gasteiger partial charge in [-0.3, -0.25) is 0 Å². The fourth-order valence-corrected chi connectivity index (χ4v) is 2.97. The number of hydrogen-bond acceptors (Lipinski definition) is 3. The van der Waals surface area contributed by atoms with Crippen molar-refractivity contribution in [3.63, 3.8) is 0 Å². The first kappa shape index (κ1) is 16.5. The van der Waals surface area contributed by atoms with Crippen molar-refractivity contribution in [3.05, 3.63) is 51.7 Å². The number of thiophene rings is 1. The van der Waals surface area contributed by atoms with Gasteiger partial charge in [-0.1, -0.05) is 6.07 Å². The summed E-state index contributed by atoms with van der Waals surface area (Å²) in [4.78, 5) is 14.3. The van der Waals surface area contributed by atoms with Gasteiger partial charge in [0, 0.05) is 25.9 Å². The molecule has 0 radical (unpaired) electrons. The molecule has 2 rings (SSSR count). The van der Waals surface area contributed by atoms with Crippen LogP contribution in [-0.2, 0) is 11.3 Å². The van der Waals surface area contributed by atoms with Crippen LogP contribution in [-0.4, -0.2) is 31.2 Å². The predicted octanol–water partition coefficient (Wildman–Crippen LogP) is 4.05. The molecule has 0 saturated carbocycles. The second-order valence-corrected chi connectivity index (χ2v) is 6.13. The van der Waals surface area contributed by atoms with Crippen LogP contribution in [0.5, 0.6) is 0 Å². The van der Waals surface area contributed by atoms with Gasteiger partial charge in [-0.05, 0) is 59.5 Å². The predicted molar refractivity (Wildman–Crippen MR) is 91.5 cm³/mol. The lowest BCUT2D eigenvalue weighted by Crippen LogP contribution is -2.36. The van der Waals surface area contributed by atoms with Crippen molar-refractivity contribution < 1.29 is 9.53 Å². The Morgan fingerprint density at radius 2 is 2.00 bits per heavy atom. The molecule has 0 aliphatic heterocycles. The highest BCUT2D eigenvalue weighted by molar-refractivity contribution is 7.07. The lowest BCUT2D eigenvalue weighted by atomic mass is 10.1. The molecular weight excluding hydrogens is 296 g/mol. The van der Waals surface area contributed by atoms with Gasteiger partial charge >= 0.3 is 6.03 Å². The maximum Gasteiger partial charge on any atom is 0.322 e. The van der Waals surface area contributed by atoms with Crippen LogP contribution in [0.2, 0.25) is 0 Å². The van der Waals surface area contributed by atoms with Crippen LogP contribution in [0, 0.1) is 13.8 Å². The molecule has 2 amide bonds. The largest absolute Gasteiger partial charge is 0.383 e. The van der Waals surface area contributed by atoms with Gasteiger partial charge in [0.2, 0.25) is 0 Å². The average Bonchev–Trinajstić information content (AvgIpc) is 2.95. The molecule has 0 bridgehead atoms. The van der Waals surface area contributed by atoms with E-state index in [1.165, 1.54) is 0 Å². The standard InChI is InChI=1S/C17H22N2O2S/c1-13-8-14(2)10-16(9-13)18-17(20)19(5-6-21-3)11-15-4-7-22-12-15/h4,7-10,12H,5-6,11H2,1-3H3,(H,18,20). The van der Waals surface area contributed by atoms with Crippen molar-refractivity contribution in [2.45, 2.75) is 20.4 Å². The SMILES string of the molecule is COCCN(Cc1ccsc1)C(=O)Nc1cc(C)cc(C)c1. The summed E-state index contributed by atoms with van der Waals surface area (Å²) in [5.41, 5.74) is 4.24. The second kappa shape index (κ2) is 7.96. The molecule has 0 saturated heterocycles. The van der Waals surface area contributed by atoms with Crippen LogP contribution in [0.15, 0.2) is 35.0 Å². The summed E-state index contributed by atoms with van der Waals surface area (Å²) in [7, 11) is 1.64.